The quantitative estimate of drug-likeness (QED) is 0.910. The predicted molar refractivity (Wildman–Crippen MR) is 69.0 cm³/mol. The minimum atomic E-state index is 0.298. The summed E-state index contributed by atoms with van der Waals surface area (Å²) in [6, 6.07) is 0.298. The predicted octanol–water partition coefficient (Wildman–Crippen LogP) is 3.07. The third-order valence-corrected chi connectivity index (χ3v) is 4.04. The fourth-order valence-corrected chi connectivity index (χ4v) is 2.88. The Labute approximate surface area is 104 Å². The molecule has 2 rings (SSSR count). The Kier molecular flexibility index (Phi) is 3.68. The van der Waals surface area contributed by atoms with Gasteiger partial charge in [0.05, 0.1) is 15.7 Å². The van der Waals surface area contributed by atoms with Gasteiger partial charge in [0, 0.05) is 29.0 Å². The summed E-state index contributed by atoms with van der Waals surface area (Å²) in [6.45, 7) is 7.07. The largest absolute Gasteiger partial charge is 0.304 e. The van der Waals surface area contributed by atoms with Gasteiger partial charge in [0.25, 0.3) is 0 Å². The van der Waals surface area contributed by atoms with Crippen molar-refractivity contribution < 1.29 is 0 Å². The lowest BCUT2D eigenvalue weighted by atomic mass is 10.2. The molecule has 86 valence electrons. The van der Waals surface area contributed by atoms with E-state index in [1.807, 2.05) is 20.0 Å². The number of rotatable bonds is 4. The summed E-state index contributed by atoms with van der Waals surface area (Å²) in [5, 5.41) is 7.81. The molecule has 2 aromatic heterocycles. The Morgan fingerprint density at radius 1 is 1.38 bits per heavy atom. The van der Waals surface area contributed by atoms with E-state index in [9.17, 15) is 0 Å². The lowest BCUT2D eigenvalue weighted by Crippen LogP contribution is -2.17. The van der Waals surface area contributed by atoms with Gasteiger partial charge in [-0.3, -0.25) is 0 Å². The average molecular weight is 253 g/mol. The molecule has 1 unspecified atom stereocenters. The maximum Gasteiger partial charge on any atom is 0.0898 e. The highest BCUT2D eigenvalue weighted by Crippen LogP contribution is 2.17. The van der Waals surface area contributed by atoms with Crippen molar-refractivity contribution in [3.63, 3.8) is 0 Å². The second kappa shape index (κ2) is 5.03. The fourth-order valence-electron chi connectivity index (χ4n) is 1.42. The summed E-state index contributed by atoms with van der Waals surface area (Å²) >= 11 is 3.44. The van der Waals surface area contributed by atoms with E-state index in [0.29, 0.717) is 6.04 Å². The van der Waals surface area contributed by atoms with Crippen LogP contribution in [0, 0.1) is 13.8 Å². The van der Waals surface area contributed by atoms with Gasteiger partial charge in [-0.15, -0.1) is 22.7 Å². The minimum absolute atomic E-state index is 0.298. The number of hydrogen-bond donors (Lipinski definition) is 1. The molecule has 5 heteroatoms. The van der Waals surface area contributed by atoms with Crippen molar-refractivity contribution in [2.45, 2.75) is 33.4 Å². The molecule has 1 N–H and O–H groups in total. The van der Waals surface area contributed by atoms with Crippen LogP contribution >= 0.6 is 22.7 Å². The van der Waals surface area contributed by atoms with Crippen LogP contribution in [0.3, 0.4) is 0 Å². The normalized spacial score (nSPS) is 12.9. The fraction of sp³-hybridized carbons (Fsp3) is 0.455. The second-order valence-electron chi connectivity index (χ2n) is 3.74. The van der Waals surface area contributed by atoms with Crippen LogP contribution in [0.25, 0.3) is 0 Å². The zero-order valence-electron chi connectivity index (χ0n) is 9.65. The molecule has 0 aromatic carbocycles. The van der Waals surface area contributed by atoms with Crippen LogP contribution in [0.5, 0.6) is 0 Å². The van der Waals surface area contributed by atoms with Crippen LogP contribution in [-0.4, -0.2) is 9.97 Å². The van der Waals surface area contributed by atoms with Crippen LogP contribution in [0.4, 0.5) is 0 Å². The van der Waals surface area contributed by atoms with Gasteiger partial charge in [0.15, 0.2) is 0 Å². The molecule has 2 heterocycles. The summed E-state index contributed by atoms with van der Waals surface area (Å²) in [4.78, 5) is 9.98. The Hall–Kier alpha value is -0.780. The number of nitrogens with zero attached hydrogens (tertiary/aromatic N) is 2. The molecule has 0 amide bonds. The zero-order valence-corrected chi connectivity index (χ0v) is 11.3. The number of hydrogen-bond acceptors (Lipinski definition) is 5. The second-order valence-corrected chi connectivity index (χ2v) is 6.12. The molecule has 0 aliphatic rings. The van der Waals surface area contributed by atoms with Crippen molar-refractivity contribution in [1.82, 2.24) is 15.3 Å². The molecule has 1 atom stereocenters. The Morgan fingerprint density at radius 2 is 2.19 bits per heavy atom. The standard InChI is InChI=1S/C11H15N3S2/c1-7(11-6-15-9(3)14-11)12-4-10-5-13-8(2)16-10/h5-7,12H,4H2,1-3H3. The van der Waals surface area contributed by atoms with Crippen LogP contribution in [0.2, 0.25) is 0 Å². The van der Waals surface area contributed by atoms with Gasteiger partial charge in [-0.25, -0.2) is 9.97 Å². The van der Waals surface area contributed by atoms with Gasteiger partial charge in [-0.2, -0.15) is 0 Å². The van der Waals surface area contributed by atoms with Gasteiger partial charge < -0.3 is 5.32 Å². The Balaban J connectivity index is 1.91. The molecule has 0 fully saturated rings. The molecule has 0 aliphatic carbocycles. The molecule has 2 aromatic rings. The van der Waals surface area contributed by atoms with Crippen LogP contribution in [0.1, 0.15) is 33.6 Å². The first kappa shape index (κ1) is 11.7. The molecule has 0 saturated heterocycles. The summed E-state index contributed by atoms with van der Waals surface area (Å²) < 4.78 is 0. The van der Waals surface area contributed by atoms with E-state index in [1.165, 1.54) is 4.88 Å². The van der Waals surface area contributed by atoms with Crippen molar-refractivity contribution in [3.8, 4) is 0 Å². The van der Waals surface area contributed by atoms with E-state index < -0.39 is 0 Å². The van der Waals surface area contributed by atoms with E-state index in [-0.39, 0.29) is 0 Å². The molecule has 3 nitrogen and oxygen atoms in total. The van der Waals surface area contributed by atoms with Gasteiger partial charge in [-0.1, -0.05) is 0 Å². The third-order valence-electron chi connectivity index (χ3n) is 2.33. The topological polar surface area (TPSA) is 37.8 Å². The maximum atomic E-state index is 4.47. The molecule has 0 bridgehead atoms. The number of nitrogens with one attached hydrogen (secondary N) is 1. The Bertz CT molecular complexity index is 461. The highest BCUT2D eigenvalue weighted by Gasteiger charge is 2.08. The number of aryl methyl sites for hydroxylation is 2. The summed E-state index contributed by atoms with van der Waals surface area (Å²) in [6.07, 6.45) is 1.94. The molecule has 0 spiro atoms. The van der Waals surface area contributed by atoms with Gasteiger partial charge in [-0.05, 0) is 20.8 Å². The van der Waals surface area contributed by atoms with Crippen molar-refractivity contribution in [2.75, 3.05) is 0 Å². The molecular weight excluding hydrogens is 238 g/mol. The molecule has 0 aliphatic heterocycles. The molecule has 0 radical (unpaired) electrons. The van der Waals surface area contributed by atoms with E-state index in [1.54, 1.807) is 22.7 Å². The highest BCUT2D eigenvalue weighted by atomic mass is 32.1. The van der Waals surface area contributed by atoms with E-state index in [2.05, 4.69) is 27.6 Å². The summed E-state index contributed by atoms with van der Waals surface area (Å²) in [5.41, 5.74) is 1.13. The van der Waals surface area contributed by atoms with Crippen molar-refractivity contribution in [2.24, 2.45) is 0 Å². The number of thiazole rings is 2. The molecular formula is C11H15N3S2. The smallest absolute Gasteiger partial charge is 0.0898 e. The van der Waals surface area contributed by atoms with Crippen LogP contribution in [-0.2, 0) is 6.54 Å². The zero-order chi connectivity index (χ0) is 11.5. The lowest BCUT2D eigenvalue weighted by molar-refractivity contribution is 0.567. The summed E-state index contributed by atoms with van der Waals surface area (Å²) in [7, 11) is 0. The lowest BCUT2D eigenvalue weighted by Gasteiger charge is -2.09. The van der Waals surface area contributed by atoms with Gasteiger partial charge >= 0.3 is 0 Å². The van der Waals surface area contributed by atoms with Crippen molar-refractivity contribution in [3.05, 3.63) is 32.2 Å². The third kappa shape index (κ3) is 2.87. The number of aromatic nitrogens is 2. The first-order valence-corrected chi connectivity index (χ1v) is 6.91. The average Bonchev–Trinajstić information content (AvgIpc) is 2.84. The maximum absolute atomic E-state index is 4.47. The minimum Gasteiger partial charge on any atom is -0.304 e. The van der Waals surface area contributed by atoms with Crippen LogP contribution < -0.4 is 5.32 Å². The Morgan fingerprint density at radius 3 is 2.75 bits per heavy atom. The van der Waals surface area contributed by atoms with E-state index in [4.69, 9.17) is 0 Å². The van der Waals surface area contributed by atoms with Crippen molar-refractivity contribution >= 4 is 22.7 Å². The van der Waals surface area contributed by atoms with E-state index >= 15 is 0 Å². The van der Waals surface area contributed by atoms with Gasteiger partial charge in [0.2, 0.25) is 0 Å². The first-order valence-electron chi connectivity index (χ1n) is 5.22. The van der Waals surface area contributed by atoms with Crippen molar-refractivity contribution in [1.29, 1.82) is 0 Å². The first-order chi connectivity index (χ1) is 7.65. The highest BCUT2D eigenvalue weighted by molar-refractivity contribution is 7.11. The molecule has 0 saturated carbocycles. The summed E-state index contributed by atoms with van der Waals surface area (Å²) in [5.74, 6) is 0. The SMILES string of the molecule is Cc1nc(C(C)NCc2cnc(C)s2)cs1. The molecule has 16 heavy (non-hydrogen) atoms. The van der Waals surface area contributed by atoms with Gasteiger partial charge in [0.1, 0.15) is 0 Å². The monoisotopic (exact) mass is 253 g/mol. The van der Waals surface area contributed by atoms with E-state index in [0.717, 1.165) is 22.3 Å². The van der Waals surface area contributed by atoms with Crippen LogP contribution in [0.15, 0.2) is 11.6 Å².